The molecule has 0 aliphatic carbocycles. The standard InChI is InChI=1S/C18H17ClO6/c1-22-13-4-6-14(7-5-13)24-11-18(21)25-10-16(20)12-3-8-17(23-2)15(19)9-12/h3-9H,10-11H2,1-2H3. The number of hydrogen-bond acceptors (Lipinski definition) is 6. The van der Waals surface area contributed by atoms with Gasteiger partial charge in [-0.3, -0.25) is 4.79 Å². The lowest BCUT2D eigenvalue weighted by Crippen LogP contribution is -2.19. The number of benzene rings is 2. The van der Waals surface area contributed by atoms with Gasteiger partial charge in [0.1, 0.15) is 17.2 Å². The molecule has 2 aromatic carbocycles. The van der Waals surface area contributed by atoms with Crippen LogP contribution in [0, 0.1) is 0 Å². The molecule has 0 radical (unpaired) electrons. The van der Waals surface area contributed by atoms with Gasteiger partial charge in [-0.25, -0.2) is 4.79 Å². The SMILES string of the molecule is COc1ccc(OCC(=O)OCC(=O)c2ccc(OC)c(Cl)c2)cc1. The Hall–Kier alpha value is -2.73. The normalized spacial score (nSPS) is 10.0. The van der Waals surface area contributed by atoms with Crippen LogP contribution in [0.1, 0.15) is 10.4 Å². The molecule has 0 fully saturated rings. The fourth-order valence-corrected chi connectivity index (χ4v) is 2.18. The van der Waals surface area contributed by atoms with Crippen molar-refractivity contribution in [2.24, 2.45) is 0 Å². The molecule has 0 saturated carbocycles. The first kappa shape index (κ1) is 18.6. The van der Waals surface area contributed by atoms with E-state index in [0.717, 1.165) is 0 Å². The number of ether oxygens (including phenoxy) is 4. The van der Waals surface area contributed by atoms with Gasteiger partial charge in [0.2, 0.25) is 0 Å². The van der Waals surface area contributed by atoms with Gasteiger partial charge in [-0.05, 0) is 42.5 Å². The van der Waals surface area contributed by atoms with E-state index in [4.69, 9.17) is 30.5 Å². The van der Waals surface area contributed by atoms with Gasteiger partial charge < -0.3 is 18.9 Å². The first-order valence-electron chi connectivity index (χ1n) is 7.32. The highest BCUT2D eigenvalue weighted by Gasteiger charge is 2.12. The molecule has 6 nitrogen and oxygen atoms in total. The minimum absolute atomic E-state index is 0.303. The first-order chi connectivity index (χ1) is 12.0. The molecule has 0 amide bonds. The number of Topliss-reactive ketones (excluding diaryl/α,β-unsaturated/α-hetero) is 1. The minimum atomic E-state index is -0.649. The number of halogens is 1. The molecule has 0 aliphatic heterocycles. The highest BCUT2D eigenvalue weighted by Crippen LogP contribution is 2.25. The molecular formula is C18H17ClO6. The van der Waals surface area contributed by atoms with Crippen molar-refractivity contribution in [2.45, 2.75) is 0 Å². The zero-order valence-electron chi connectivity index (χ0n) is 13.8. The molecule has 0 saturated heterocycles. The third-order valence-electron chi connectivity index (χ3n) is 3.25. The average molecular weight is 365 g/mol. The number of rotatable bonds is 8. The number of carbonyl (C=O) groups excluding carboxylic acids is 2. The summed E-state index contributed by atoms with van der Waals surface area (Å²) in [6.45, 7) is -0.698. The summed E-state index contributed by atoms with van der Waals surface area (Å²) in [6.07, 6.45) is 0. The molecule has 0 bridgehead atoms. The molecule has 25 heavy (non-hydrogen) atoms. The van der Waals surface area contributed by atoms with E-state index in [1.54, 1.807) is 43.5 Å². The van der Waals surface area contributed by atoms with Gasteiger partial charge in [0, 0.05) is 5.56 Å². The van der Waals surface area contributed by atoms with Crippen LogP contribution >= 0.6 is 11.6 Å². The maximum Gasteiger partial charge on any atom is 0.344 e. The molecule has 0 unspecified atom stereocenters. The first-order valence-corrected chi connectivity index (χ1v) is 7.70. The largest absolute Gasteiger partial charge is 0.497 e. The van der Waals surface area contributed by atoms with Crippen molar-refractivity contribution in [3.8, 4) is 17.2 Å². The predicted molar refractivity (Wildman–Crippen MR) is 91.8 cm³/mol. The van der Waals surface area contributed by atoms with Crippen molar-refractivity contribution >= 4 is 23.4 Å². The summed E-state index contributed by atoms with van der Waals surface area (Å²) in [7, 11) is 3.04. The number of carbonyl (C=O) groups is 2. The summed E-state index contributed by atoms with van der Waals surface area (Å²) in [5, 5.41) is 0.308. The van der Waals surface area contributed by atoms with Crippen molar-refractivity contribution in [3.63, 3.8) is 0 Å². The lowest BCUT2D eigenvalue weighted by Gasteiger charge is -2.08. The predicted octanol–water partition coefficient (Wildman–Crippen LogP) is 3.16. The van der Waals surface area contributed by atoms with Crippen molar-refractivity contribution in [3.05, 3.63) is 53.1 Å². The van der Waals surface area contributed by atoms with Gasteiger partial charge in [-0.15, -0.1) is 0 Å². The van der Waals surface area contributed by atoms with Crippen molar-refractivity contribution in [2.75, 3.05) is 27.4 Å². The highest BCUT2D eigenvalue weighted by atomic mass is 35.5. The van der Waals surface area contributed by atoms with Crippen LogP contribution in [0.2, 0.25) is 5.02 Å². The van der Waals surface area contributed by atoms with Gasteiger partial charge in [-0.2, -0.15) is 0 Å². The van der Waals surface area contributed by atoms with Gasteiger partial charge in [-0.1, -0.05) is 11.6 Å². The molecule has 0 aliphatic rings. The fraction of sp³-hybridized carbons (Fsp3) is 0.222. The topological polar surface area (TPSA) is 71.1 Å². The third kappa shape index (κ3) is 5.39. The zero-order chi connectivity index (χ0) is 18.2. The molecule has 0 aromatic heterocycles. The van der Waals surface area contributed by atoms with Crippen LogP contribution in [0.15, 0.2) is 42.5 Å². The minimum Gasteiger partial charge on any atom is -0.497 e. The van der Waals surface area contributed by atoms with Crippen LogP contribution in [-0.2, 0) is 9.53 Å². The molecule has 0 heterocycles. The van der Waals surface area contributed by atoms with Gasteiger partial charge in [0.15, 0.2) is 19.0 Å². The zero-order valence-corrected chi connectivity index (χ0v) is 14.5. The smallest absolute Gasteiger partial charge is 0.344 e. The number of esters is 1. The van der Waals surface area contributed by atoms with E-state index in [-0.39, 0.29) is 12.4 Å². The lowest BCUT2D eigenvalue weighted by atomic mass is 10.1. The van der Waals surface area contributed by atoms with E-state index in [9.17, 15) is 9.59 Å². The van der Waals surface area contributed by atoms with Gasteiger partial charge in [0.25, 0.3) is 0 Å². The molecule has 7 heteroatoms. The van der Waals surface area contributed by atoms with Crippen LogP contribution in [-0.4, -0.2) is 39.2 Å². The maximum atomic E-state index is 12.0. The van der Waals surface area contributed by atoms with E-state index in [0.29, 0.717) is 27.8 Å². The molecule has 0 spiro atoms. The highest BCUT2D eigenvalue weighted by molar-refractivity contribution is 6.32. The Balaban J connectivity index is 1.80. The van der Waals surface area contributed by atoms with Gasteiger partial charge >= 0.3 is 5.97 Å². The number of methoxy groups -OCH3 is 2. The molecular weight excluding hydrogens is 348 g/mol. The van der Waals surface area contributed by atoms with E-state index in [1.165, 1.54) is 13.2 Å². The summed E-state index contributed by atoms with van der Waals surface area (Å²) >= 11 is 5.96. The monoisotopic (exact) mass is 364 g/mol. The van der Waals surface area contributed by atoms with Crippen LogP contribution in [0.3, 0.4) is 0 Å². The molecule has 2 aromatic rings. The lowest BCUT2D eigenvalue weighted by molar-refractivity contribution is -0.144. The quantitative estimate of drug-likeness (QED) is 0.529. The van der Waals surface area contributed by atoms with Crippen molar-refractivity contribution in [1.29, 1.82) is 0 Å². The summed E-state index contributed by atoms with van der Waals surface area (Å²) in [5.74, 6) is 0.610. The number of ketones is 1. The van der Waals surface area contributed by atoms with E-state index < -0.39 is 12.6 Å². The maximum absolute atomic E-state index is 12.0. The Bertz CT molecular complexity index is 742. The fourth-order valence-electron chi connectivity index (χ4n) is 1.93. The van der Waals surface area contributed by atoms with E-state index in [2.05, 4.69) is 0 Å². The van der Waals surface area contributed by atoms with Crippen LogP contribution in [0.4, 0.5) is 0 Å². The summed E-state index contributed by atoms with van der Waals surface area (Å²) in [6, 6.07) is 11.3. The summed E-state index contributed by atoms with van der Waals surface area (Å²) < 4.78 is 20.2. The Morgan fingerprint density at radius 1 is 0.920 bits per heavy atom. The second-order valence-electron chi connectivity index (χ2n) is 4.90. The van der Waals surface area contributed by atoms with Crippen LogP contribution in [0.25, 0.3) is 0 Å². The van der Waals surface area contributed by atoms with Crippen molar-refractivity contribution in [1.82, 2.24) is 0 Å². The van der Waals surface area contributed by atoms with Crippen molar-refractivity contribution < 1.29 is 28.5 Å². The Morgan fingerprint density at radius 3 is 2.20 bits per heavy atom. The molecule has 0 atom stereocenters. The Kier molecular flexibility index (Phi) is 6.65. The number of hydrogen-bond donors (Lipinski definition) is 0. The van der Waals surface area contributed by atoms with E-state index in [1.807, 2.05) is 0 Å². The molecule has 132 valence electrons. The second kappa shape index (κ2) is 8.94. The van der Waals surface area contributed by atoms with Crippen LogP contribution in [0.5, 0.6) is 17.2 Å². The average Bonchev–Trinajstić information content (AvgIpc) is 2.64. The summed E-state index contributed by atoms with van der Waals surface area (Å²) in [5.41, 5.74) is 0.328. The van der Waals surface area contributed by atoms with Crippen LogP contribution < -0.4 is 14.2 Å². The molecule has 0 N–H and O–H groups in total. The Labute approximate surface area is 150 Å². The molecule has 2 rings (SSSR count). The van der Waals surface area contributed by atoms with E-state index >= 15 is 0 Å². The third-order valence-corrected chi connectivity index (χ3v) is 3.55. The second-order valence-corrected chi connectivity index (χ2v) is 5.30. The van der Waals surface area contributed by atoms with Gasteiger partial charge in [0.05, 0.1) is 19.2 Å². The summed E-state index contributed by atoms with van der Waals surface area (Å²) in [4.78, 5) is 23.7. The Morgan fingerprint density at radius 2 is 1.60 bits per heavy atom.